The second kappa shape index (κ2) is 6.22. The van der Waals surface area contributed by atoms with Gasteiger partial charge in [-0.05, 0) is 19.0 Å². The van der Waals surface area contributed by atoms with Crippen molar-refractivity contribution < 1.29 is 0 Å². The second-order valence-electron chi connectivity index (χ2n) is 6.06. The summed E-state index contributed by atoms with van der Waals surface area (Å²) in [5.41, 5.74) is 2.16. The molecule has 0 aliphatic carbocycles. The molecular formula is C15H25N5. The topological polar surface area (TPSA) is 54.2 Å². The highest BCUT2D eigenvalue weighted by molar-refractivity contribution is 5.68. The highest BCUT2D eigenvalue weighted by atomic mass is 15.2. The molecule has 0 atom stereocenters. The van der Waals surface area contributed by atoms with E-state index in [0.29, 0.717) is 0 Å². The molecule has 0 unspecified atom stereocenters. The summed E-state index contributed by atoms with van der Waals surface area (Å²) in [6.45, 7) is 11.5. The minimum atomic E-state index is 0.0476. The van der Waals surface area contributed by atoms with E-state index in [4.69, 9.17) is 0 Å². The number of hydrogen-bond acceptors (Lipinski definition) is 4. The summed E-state index contributed by atoms with van der Waals surface area (Å²) in [6.07, 6.45) is 4.84. The first-order valence-electron chi connectivity index (χ1n) is 7.32. The Morgan fingerprint density at radius 1 is 1.20 bits per heavy atom. The Hall–Kier alpha value is -1.62. The zero-order chi connectivity index (χ0) is 14.6. The summed E-state index contributed by atoms with van der Waals surface area (Å²) < 4.78 is 1.90. The van der Waals surface area contributed by atoms with Gasteiger partial charge < -0.3 is 10.6 Å². The Kier molecular flexibility index (Phi) is 4.60. The number of nitrogens with one attached hydrogen (secondary N) is 2. The van der Waals surface area contributed by atoms with Gasteiger partial charge in [-0.3, -0.25) is 0 Å². The van der Waals surface area contributed by atoms with E-state index in [1.807, 2.05) is 10.7 Å². The van der Waals surface area contributed by atoms with Crippen LogP contribution in [-0.2, 0) is 5.41 Å². The van der Waals surface area contributed by atoms with Gasteiger partial charge in [-0.2, -0.15) is 5.10 Å². The molecule has 0 bridgehead atoms. The number of fused-ring (bicyclic) bond motifs is 1. The summed E-state index contributed by atoms with van der Waals surface area (Å²) >= 11 is 0. The van der Waals surface area contributed by atoms with Crippen molar-refractivity contribution >= 4 is 11.3 Å². The average molecular weight is 275 g/mol. The smallest absolute Gasteiger partial charge is 0.152 e. The lowest BCUT2D eigenvalue weighted by Crippen LogP contribution is -2.23. The Labute approximate surface area is 120 Å². The molecule has 0 saturated heterocycles. The lowest BCUT2D eigenvalue weighted by molar-refractivity contribution is 0.562. The van der Waals surface area contributed by atoms with Gasteiger partial charge in [0.05, 0.1) is 5.69 Å². The van der Waals surface area contributed by atoms with Crippen LogP contribution in [0.3, 0.4) is 0 Å². The molecule has 0 amide bonds. The van der Waals surface area contributed by atoms with Crippen LogP contribution in [-0.4, -0.2) is 34.2 Å². The molecule has 0 aromatic carbocycles. The quantitative estimate of drug-likeness (QED) is 0.795. The molecule has 5 nitrogen and oxygen atoms in total. The molecule has 0 aliphatic heterocycles. The minimum absolute atomic E-state index is 0.0476. The SMILES string of the molecule is CCCNCCNc1nccn2nc(C(C)(C)C)cc12. The predicted octanol–water partition coefficient (Wildman–Crippen LogP) is 2.44. The van der Waals surface area contributed by atoms with E-state index in [9.17, 15) is 0 Å². The predicted molar refractivity (Wildman–Crippen MR) is 83.3 cm³/mol. The highest BCUT2D eigenvalue weighted by Gasteiger charge is 2.18. The van der Waals surface area contributed by atoms with E-state index in [1.165, 1.54) is 0 Å². The Bertz CT molecular complexity index is 553. The van der Waals surface area contributed by atoms with E-state index < -0.39 is 0 Å². The molecule has 0 radical (unpaired) electrons. The standard InChI is InChI=1S/C15H25N5/c1-5-6-16-7-8-17-14-12-11-13(15(2,3)4)19-20(12)10-9-18-14/h9-11,16H,5-8H2,1-4H3,(H,17,18). The average Bonchev–Trinajstić information content (AvgIpc) is 2.83. The van der Waals surface area contributed by atoms with Crippen LogP contribution >= 0.6 is 0 Å². The maximum Gasteiger partial charge on any atom is 0.152 e. The molecule has 0 spiro atoms. The van der Waals surface area contributed by atoms with Crippen molar-refractivity contribution in [1.82, 2.24) is 19.9 Å². The van der Waals surface area contributed by atoms with Gasteiger partial charge >= 0.3 is 0 Å². The van der Waals surface area contributed by atoms with Crippen molar-refractivity contribution in [3.05, 3.63) is 24.2 Å². The summed E-state index contributed by atoms with van der Waals surface area (Å²) in [5.74, 6) is 0.897. The Morgan fingerprint density at radius 3 is 2.70 bits per heavy atom. The molecule has 110 valence electrons. The fourth-order valence-electron chi connectivity index (χ4n) is 2.00. The van der Waals surface area contributed by atoms with Gasteiger partial charge in [0.25, 0.3) is 0 Å². The largest absolute Gasteiger partial charge is 0.367 e. The first-order chi connectivity index (χ1) is 9.52. The van der Waals surface area contributed by atoms with Gasteiger partial charge in [0.2, 0.25) is 0 Å². The summed E-state index contributed by atoms with van der Waals surface area (Å²) in [5, 5.41) is 11.4. The maximum atomic E-state index is 4.62. The summed E-state index contributed by atoms with van der Waals surface area (Å²) in [4.78, 5) is 4.42. The third-order valence-corrected chi connectivity index (χ3v) is 3.18. The van der Waals surface area contributed by atoms with Crippen molar-refractivity contribution in [2.75, 3.05) is 25.0 Å². The van der Waals surface area contributed by atoms with E-state index in [2.05, 4.69) is 54.5 Å². The molecule has 0 saturated carbocycles. The molecule has 0 aliphatic rings. The first kappa shape index (κ1) is 14.8. The zero-order valence-corrected chi connectivity index (χ0v) is 12.9. The van der Waals surface area contributed by atoms with Crippen molar-refractivity contribution in [2.24, 2.45) is 0 Å². The molecular weight excluding hydrogens is 250 g/mol. The van der Waals surface area contributed by atoms with Crippen LogP contribution in [0.4, 0.5) is 5.82 Å². The minimum Gasteiger partial charge on any atom is -0.367 e. The van der Waals surface area contributed by atoms with Crippen LogP contribution in [0.25, 0.3) is 5.52 Å². The molecule has 2 aromatic rings. The van der Waals surface area contributed by atoms with Crippen LogP contribution in [0.2, 0.25) is 0 Å². The number of anilines is 1. The van der Waals surface area contributed by atoms with Crippen LogP contribution in [0.1, 0.15) is 39.8 Å². The van der Waals surface area contributed by atoms with E-state index in [-0.39, 0.29) is 5.41 Å². The number of aromatic nitrogens is 3. The van der Waals surface area contributed by atoms with E-state index in [0.717, 1.165) is 43.1 Å². The van der Waals surface area contributed by atoms with Crippen LogP contribution in [0, 0.1) is 0 Å². The molecule has 20 heavy (non-hydrogen) atoms. The lowest BCUT2D eigenvalue weighted by atomic mass is 9.92. The molecule has 2 heterocycles. The summed E-state index contributed by atoms with van der Waals surface area (Å²) in [6, 6.07) is 2.12. The van der Waals surface area contributed by atoms with Gasteiger partial charge in [0.1, 0.15) is 5.52 Å². The van der Waals surface area contributed by atoms with Gasteiger partial charge in [0, 0.05) is 30.9 Å². The Morgan fingerprint density at radius 2 is 2.00 bits per heavy atom. The number of nitrogens with zero attached hydrogens (tertiary/aromatic N) is 3. The lowest BCUT2D eigenvalue weighted by Gasteiger charge is -2.13. The first-order valence-corrected chi connectivity index (χ1v) is 7.32. The van der Waals surface area contributed by atoms with Crippen molar-refractivity contribution in [2.45, 2.75) is 39.5 Å². The van der Waals surface area contributed by atoms with Crippen LogP contribution in [0.15, 0.2) is 18.5 Å². The molecule has 2 aromatic heterocycles. The highest BCUT2D eigenvalue weighted by Crippen LogP contribution is 2.24. The molecule has 2 N–H and O–H groups in total. The van der Waals surface area contributed by atoms with Gasteiger partial charge in [-0.15, -0.1) is 0 Å². The molecule has 2 rings (SSSR count). The Balaban J connectivity index is 2.11. The zero-order valence-electron chi connectivity index (χ0n) is 12.9. The third-order valence-electron chi connectivity index (χ3n) is 3.18. The molecule has 5 heteroatoms. The summed E-state index contributed by atoms with van der Waals surface area (Å²) in [7, 11) is 0. The third kappa shape index (κ3) is 3.48. The van der Waals surface area contributed by atoms with Crippen LogP contribution < -0.4 is 10.6 Å². The van der Waals surface area contributed by atoms with Crippen molar-refractivity contribution in [3.63, 3.8) is 0 Å². The number of hydrogen-bond donors (Lipinski definition) is 2. The van der Waals surface area contributed by atoms with Gasteiger partial charge in [-0.25, -0.2) is 9.50 Å². The molecule has 0 fully saturated rings. The van der Waals surface area contributed by atoms with Gasteiger partial charge in [0.15, 0.2) is 5.82 Å². The van der Waals surface area contributed by atoms with Crippen molar-refractivity contribution in [3.8, 4) is 0 Å². The normalized spacial score (nSPS) is 12.0. The number of rotatable bonds is 6. The fraction of sp³-hybridized carbons (Fsp3) is 0.600. The van der Waals surface area contributed by atoms with E-state index >= 15 is 0 Å². The van der Waals surface area contributed by atoms with Gasteiger partial charge in [-0.1, -0.05) is 27.7 Å². The van der Waals surface area contributed by atoms with Crippen LogP contribution in [0.5, 0.6) is 0 Å². The monoisotopic (exact) mass is 275 g/mol. The fourth-order valence-corrected chi connectivity index (χ4v) is 2.00. The maximum absolute atomic E-state index is 4.62. The second-order valence-corrected chi connectivity index (χ2v) is 6.06. The van der Waals surface area contributed by atoms with Crippen molar-refractivity contribution in [1.29, 1.82) is 0 Å². The van der Waals surface area contributed by atoms with E-state index in [1.54, 1.807) is 6.20 Å².